The van der Waals surface area contributed by atoms with Gasteiger partial charge in [0.2, 0.25) is 0 Å². The second-order valence-corrected chi connectivity index (χ2v) is 7.59. The van der Waals surface area contributed by atoms with Gasteiger partial charge in [-0.1, -0.05) is 18.2 Å². The summed E-state index contributed by atoms with van der Waals surface area (Å²) in [5, 5.41) is 4.91. The van der Waals surface area contributed by atoms with E-state index in [-0.39, 0.29) is 0 Å². The summed E-state index contributed by atoms with van der Waals surface area (Å²) in [6, 6.07) is 15.7. The molecule has 2 aromatic heterocycles. The number of aromatic nitrogens is 2. The van der Waals surface area contributed by atoms with Crippen molar-refractivity contribution < 1.29 is 0 Å². The minimum Gasteiger partial charge on any atom is -0.379 e. The van der Waals surface area contributed by atoms with E-state index in [0.717, 1.165) is 33.8 Å². The van der Waals surface area contributed by atoms with Gasteiger partial charge < -0.3 is 5.32 Å². The predicted molar refractivity (Wildman–Crippen MR) is 106 cm³/mol. The smallest absolute Gasteiger partial charge is 0.0710 e. The predicted octanol–water partition coefficient (Wildman–Crippen LogP) is 4.19. The van der Waals surface area contributed by atoms with Crippen molar-refractivity contribution >= 4 is 16.6 Å². The van der Waals surface area contributed by atoms with Crippen LogP contribution in [0.15, 0.2) is 54.9 Å². The van der Waals surface area contributed by atoms with E-state index in [1.165, 1.54) is 25.9 Å². The fraction of sp³-hybridized carbons (Fsp3) is 0.364. The summed E-state index contributed by atoms with van der Waals surface area (Å²) in [7, 11) is 0. The van der Waals surface area contributed by atoms with E-state index < -0.39 is 0 Å². The molecule has 0 spiro atoms. The van der Waals surface area contributed by atoms with Gasteiger partial charge in [-0.3, -0.25) is 14.9 Å². The zero-order chi connectivity index (χ0) is 17.5. The number of fused-ring (bicyclic) bond motifs is 4. The Morgan fingerprint density at radius 1 is 1.00 bits per heavy atom. The molecule has 3 aliphatic heterocycles. The van der Waals surface area contributed by atoms with Gasteiger partial charge in [0.25, 0.3) is 0 Å². The Morgan fingerprint density at radius 3 is 2.65 bits per heavy atom. The van der Waals surface area contributed by atoms with Crippen LogP contribution in [0.4, 0.5) is 5.69 Å². The molecule has 2 bridgehead atoms. The molecular weight excluding hydrogens is 320 g/mol. The van der Waals surface area contributed by atoms with Crippen molar-refractivity contribution in [3.05, 3.63) is 54.9 Å². The van der Waals surface area contributed by atoms with Gasteiger partial charge in [-0.15, -0.1) is 0 Å². The fourth-order valence-corrected chi connectivity index (χ4v) is 4.70. The summed E-state index contributed by atoms with van der Waals surface area (Å²) in [5.41, 5.74) is 4.27. The summed E-state index contributed by atoms with van der Waals surface area (Å²) in [6.07, 6.45) is 6.45. The maximum Gasteiger partial charge on any atom is 0.0710 e. The Bertz CT molecular complexity index is 906. The second-order valence-electron chi connectivity index (χ2n) is 7.59. The molecule has 26 heavy (non-hydrogen) atoms. The van der Waals surface area contributed by atoms with E-state index in [4.69, 9.17) is 4.98 Å². The van der Waals surface area contributed by atoms with E-state index in [9.17, 15) is 0 Å². The third-order valence-electron chi connectivity index (χ3n) is 6.20. The molecule has 3 saturated heterocycles. The summed E-state index contributed by atoms with van der Waals surface area (Å²) in [5.74, 6) is 0.791. The van der Waals surface area contributed by atoms with Crippen molar-refractivity contribution in [3.8, 4) is 11.3 Å². The quantitative estimate of drug-likeness (QED) is 0.773. The van der Waals surface area contributed by atoms with Crippen molar-refractivity contribution in [1.29, 1.82) is 0 Å². The van der Waals surface area contributed by atoms with Gasteiger partial charge in [-0.05, 0) is 63.0 Å². The molecule has 1 aromatic carbocycles. The van der Waals surface area contributed by atoms with Crippen LogP contribution in [0.2, 0.25) is 0 Å². The molecule has 4 nitrogen and oxygen atoms in total. The normalized spacial score (nSPS) is 27.6. The number of anilines is 1. The van der Waals surface area contributed by atoms with Gasteiger partial charge in [0.05, 0.1) is 23.1 Å². The van der Waals surface area contributed by atoms with Gasteiger partial charge in [-0.2, -0.15) is 0 Å². The third kappa shape index (κ3) is 2.65. The first kappa shape index (κ1) is 15.8. The molecule has 0 aliphatic carbocycles. The van der Waals surface area contributed by atoms with Crippen molar-refractivity contribution in [2.75, 3.05) is 18.4 Å². The Hall–Kier alpha value is -2.46. The lowest BCUT2D eigenvalue weighted by atomic mass is 9.79. The van der Waals surface area contributed by atoms with Gasteiger partial charge in [0, 0.05) is 29.2 Å². The summed E-state index contributed by atoms with van der Waals surface area (Å²) in [4.78, 5) is 11.8. The molecule has 0 radical (unpaired) electrons. The van der Waals surface area contributed by atoms with Crippen LogP contribution in [0.3, 0.4) is 0 Å². The fourth-order valence-electron chi connectivity index (χ4n) is 4.70. The number of benzene rings is 1. The first-order valence-electron chi connectivity index (χ1n) is 9.60. The van der Waals surface area contributed by atoms with Crippen LogP contribution in [-0.2, 0) is 0 Å². The van der Waals surface area contributed by atoms with Gasteiger partial charge in [0.15, 0.2) is 0 Å². The van der Waals surface area contributed by atoms with Crippen LogP contribution >= 0.6 is 0 Å². The number of nitrogens with zero attached hydrogens (tertiary/aromatic N) is 3. The number of pyridine rings is 2. The molecule has 5 heterocycles. The van der Waals surface area contributed by atoms with Crippen molar-refractivity contribution in [2.45, 2.75) is 31.8 Å². The van der Waals surface area contributed by atoms with E-state index in [1.807, 2.05) is 30.6 Å². The summed E-state index contributed by atoms with van der Waals surface area (Å²) < 4.78 is 0. The highest BCUT2D eigenvalue weighted by atomic mass is 15.2. The largest absolute Gasteiger partial charge is 0.379 e. The van der Waals surface area contributed by atoms with Crippen LogP contribution in [0.1, 0.15) is 19.8 Å². The summed E-state index contributed by atoms with van der Waals surface area (Å²) >= 11 is 0. The number of piperidine rings is 3. The molecule has 3 aliphatic rings. The maximum absolute atomic E-state index is 4.75. The van der Waals surface area contributed by atoms with Gasteiger partial charge >= 0.3 is 0 Å². The van der Waals surface area contributed by atoms with E-state index in [0.29, 0.717) is 12.1 Å². The van der Waals surface area contributed by atoms with E-state index in [1.54, 1.807) is 0 Å². The molecule has 4 heteroatoms. The van der Waals surface area contributed by atoms with Crippen LogP contribution in [0, 0.1) is 5.92 Å². The minimum absolute atomic E-state index is 0.534. The Kier molecular flexibility index (Phi) is 3.86. The highest BCUT2D eigenvalue weighted by Crippen LogP contribution is 2.34. The first-order chi connectivity index (χ1) is 12.8. The average Bonchev–Trinajstić information content (AvgIpc) is 2.71. The van der Waals surface area contributed by atoms with Crippen LogP contribution in [0.25, 0.3) is 22.2 Å². The van der Waals surface area contributed by atoms with Crippen molar-refractivity contribution in [2.24, 2.45) is 5.92 Å². The number of rotatable bonds is 3. The monoisotopic (exact) mass is 344 g/mol. The van der Waals surface area contributed by atoms with Crippen LogP contribution < -0.4 is 5.32 Å². The second kappa shape index (κ2) is 6.36. The van der Waals surface area contributed by atoms with Gasteiger partial charge in [0.1, 0.15) is 0 Å². The standard InChI is InChI=1S/C22H24N4/c1-15-22(16-9-12-26(15)13-10-16)25-17-7-8-21(24-14-17)18-4-2-6-20-19(18)5-3-11-23-20/h2-8,11,14-16,22,25H,9-10,12-13H2,1H3/t15-,22+/m1/s1. The third-order valence-corrected chi connectivity index (χ3v) is 6.20. The van der Waals surface area contributed by atoms with Crippen LogP contribution in [-0.4, -0.2) is 40.0 Å². The van der Waals surface area contributed by atoms with Crippen molar-refractivity contribution in [1.82, 2.24) is 14.9 Å². The molecule has 3 fully saturated rings. The highest BCUT2D eigenvalue weighted by molar-refractivity contribution is 5.93. The first-order valence-corrected chi connectivity index (χ1v) is 9.60. The SMILES string of the molecule is C[C@@H]1[C@H](Nc2ccc(-c3cccc4ncccc34)nc2)C2CCN1CC2. The minimum atomic E-state index is 0.534. The molecule has 2 atom stereocenters. The molecule has 132 valence electrons. The Labute approximate surface area is 154 Å². The number of hydrogen-bond donors (Lipinski definition) is 1. The Morgan fingerprint density at radius 2 is 1.88 bits per heavy atom. The van der Waals surface area contributed by atoms with Crippen LogP contribution in [0.5, 0.6) is 0 Å². The molecule has 0 amide bonds. The summed E-state index contributed by atoms with van der Waals surface area (Å²) in [6.45, 7) is 4.88. The molecule has 1 N–H and O–H groups in total. The zero-order valence-corrected chi connectivity index (χ0v) is 15.1. The number of nitrogens with one attached hydrogen (secondary N) is 1. The lowest BCUT2D eigenvalue weighted by molar-refractivity contribution is 0.0458. The molecule has 0 saturated carbocycles. The lowest BCUT2D eigenvalue weighted by Gasteiger charge is -2.50. The molecule has 0 unspecified atom stereocenters. The lowest BCUT2D eigenvalue weighted by Crippen LogP contribution is -2.59. The highest BCUT2D eigenvalue weighted by Gasteiger charge is 2.39. The van der Waals surface area contributed by atoms with Crippen molar-refractivity contribution in [3.63, 3.8) is 0 Å². The average molecular weight is 344 g/mol. The van der Waals surface area contributed by atoms with E-state index >= 15 is 0 Å². The zero-order valence-electron chi connectivity index (χ0n) is 15.1. The number of hydrogen-bond acceptors (Lipinski definition) is 4. The van der Waals surface area contributed by atoms with Gasteiger partial charge in [-0.25, -0.2) is 0 Å². The Balaban J connectivity index is 1.41. The molecule has 3 aromatic rings. The topological polar surface area (TPSA) is 41.1 Å². The maximum atomic E-state index is 4.75. The molecular formula is C22H24N4. The molecule has 6 rings (SSSR count). The van der Waals surface area contributed by atoms with E-state index in [2.05, 4.69) is 46.4 Å².